The second-order valence-corrected chi connectivity index (χ2v) is 7.07. The molecule has 1 saturated heterocycles. The molecule has 5 nitrogen and oxygen atoms in total. The molecule has 0 amide bonds. The minimum absolute atomic E-state index is 0.131. The van der Waals surface area contributed by atoms with Crippen LogP contribution in [0.25, 0.3) is 0 Å². The summed E-state index contributed by atoms with van der Waals surface area (Å²) in [5, 5.41) is 6.71. The fraction of sp³-hybridized carbons (Fsp3) is 0.409. The summed E-state index contributed by atoms with van der Waals surface area (Å²) in [7, 11) is 1.68. The maximum absolute atomic E-state index is 14.1. The minimum atomic E-state index is -0.560. The first-order valence-corrected chi connectivity index (χ1v) is 9.91. The van der Waals surface area contributed by atoms with Gasteiger partial charge in [0.2, 0.25) is 0 Å². The molecular weight excluding hydrogens is 374 g/mol. The normalized spacial score (nSPS) is 16.9. The number of aliphatic imine (C=N–C) groups is 1. The summed E-state index contributed by atoms with van der Waals surface area (Å²) in [6, 6.07) is 11.9. The molecule has 1 atom stereocenters. The highest BCUT2D eigenvalue weighted by molar-refractivity contribution is 5.80. The van der Waals surface area contributed by atoms with Crippen molar-refractivity contribution in [3.05, 3.63) is 65.2 Å². The quantitative estimate of drug-likeness (QED) is 0.550. The summed E-state index contributed by atoms with van der Waals surface area (Å²) in [5.41, 5.74) is 2.67. The number of nitrogens with zero attached hydrogens (tertiary/aromatic N) is 2. The topological polar surface area (TPSA) is 48.9 Å². The summed E-state index contributed by atoms with van der Waals surface area (Å²) >= 11 is 0. The smallest absolute Gasteiger partial charge is 0.191 e. The Kier molecular flexibility index (Phi) is 7.41. The summed E-state index contributed by atoms with van der Waals surface area (Å²) in [6.45, 7) is 5.19. The van der Waals surface area contributed by atoms with Crippen molar-refractivity contribution >= 4 is 11.6 Å². The number of ether oxygens (including phenoxy) is 1. The highest BCUT2D eigenvalue weighted by Crippen LogP contribution is 2.24. The molecule has 0 bridgehead atoms. The first kappa shape index (κ1) is 21.0. The van der Waals surface area contributed by atoms with Gasteiger partial charge >= 0.3 is 0 Å². The third-order valence-corrected chi connectivity index (χ3v) is 4.95. The Labute approximate surface area is 170 Å². The Hall–Kier alpha value is -2.67. The van der Waals surface area contributed by atoms with Gasteiger partial charge in [-0.15, -0.1) is 0 Å². The van der Waals surface area contributed by atoms with Crippen molar-refractivity contribution in [2.45, 2.75) is 32.5 Å². The molecule has 1 fully saturated rings. The van der Waals surface area contributed by atoms with E-state index in [1.807, 2.05) is 30.0 Å². The van der Waals surface area contributed by atoms with Gasteiger partial charge in [-0.2, -0.15) is 0 Å². The average molecular weight is 402 g/mol. The zero-order chi connectivity index (χ0) is 20.6. The van der Waals surface area contributed by atoms with Crippen molar-refractivity contribution in [1.29, 1.82) is 0 Å². The lowest BCUT2D eigenvalue weighted by molar-refractivity contribution is 0.184. The number of nitrogens with one attached hydrogen (secondary N) is 2. The fourth-order valence-electron chi connectivity index (χ4n) is 3.52. The van der Waals surface area contributed by atoms with Crippen molar-refractivity contribution in [3.8, 4) is 0 Å². The molecule has 2 aromatic carbocycles. The molecule has 7 heteroatoms. The van der Waals surface area contributed by atoms with Crippen LogP contribution in [0.15, 0.2) is 47.5 Å². The summed E-state index contributed by atoms with van der Waals surface area (Å²) in [5.74, 6) is -0.359. The van der Waals surface area contributed by atoms with Gasteiger partial charge in [0.05, 0.1) is 18.8 Å². The van der Waals surface area contributed by atoms with E-state index in [2.05, 4.69) is 16.7 Å². The van der Waals surface area contributed by atoms with Gasteiger partial charge in [0, 0.05) is 38.9 Å². The van der Waals surface area contributed by atoms with Gasteiger partial charge in [0.1, 0.15) is 11.6 Å². The average Bonchev–Trinajstić information content (AvgIpc) is 3.15. The molecular formula is C22H28F2N4O. The van der Waals surface area contributed by atoms with Crippen LogP contribution in [0.5, 0.6) is 0 Å². The van der Waals surface area contributed by atoms with E-state index in [9.17, 15) is 8.78 Å². The summed E-state index contributed by atoms with van der Waals surface area (Å²) in [4.78, 5) is 6.65. The van der Waals surface area contributed by atoms with Crippen LogP contribution < -0.4 is 15.5 Å². The molecule has 2 aromatic rings. The Balaban J connectivity index is 1.64. The lowest BCUT2D eigenvalue weighted by atomic mass is 10.1. The van der Waals surface area contributed by atoms with E-state index in [0.29, 0.717) is 31.9 Å². The highest BCUT2D eigenvalue weighted by Gasteiger charge is 2.25. The lowest BCUT2D eigenvalue weighted by Crippen LogP contribution is -2.44. The van der Waals surface area contributed by atoms with Crippen LogP contribution in [0.4, 0.5) is 14.5 Å². The molecule has 2 N–H and O–H groups in total. The molecule has 0 radical (unpaired) electrons. The maximum Gasteiger partial charge on any atom is 0.191 e. The Morgan fingerprint density at radius 2 is 2.00 bits per heavy atom. The second kappa shape index (κ2) is 10.2. The largest absolute Gasteiger partial charge is 0.380 e. The SMILES string of the molecule is CCNC(=NCc1ccccc1COC)NC1CCN(c2ccc(F)cc2F)C1. The van der Waals surface area contributed by atoms with Gasteiger partial charge in [0.25, 0.3) is 0 Å². The Morgan fingerprint density at radius 3 is 2.72 bits per heavy atom. The molecule has 1 unspecified atom stereocenters. The molecule has 3 rings (SSSR count). The standard InChI is InChI=1S/C22H28F2N4O/c1-3-25-22(26-13-16-6-4-5-7-17(16)15-29-2)27-19-10-11-28(14-19)21-9-8-18(23)12-20(21)24/h4-9,12,19H,3,10-11,13-15H2,1-2H3,(H2,25,26,27). The molecule has 1 aliphatic heterocycles. The molecule has 156 valence electrons. The van der Waals surface area contributed by atoms with Crippen LogP contribution in [0.2, 0.25) is 0 Å². The molecule has 1 aliphatic rings. The van der Waals surface area contributed by atoms with Crippen LogP contribution >= 0.6 is 0 Å². The fourth-order valence-corrected chi connectivity index (χ4v) is 3.52. The van der Waals surface area contributed by atoms with Gasteiger partial charge < -0.3 is 20.3 Å². The van der Waals surface area contributed by atoms with E-state index in [-0.39, 0.29) is 6.04 Å². The zero-order valence-corrected chi connectivity index (χ0v) is 16.9. The van der Waals surface area contributed by atoms with E-state index in [1.165, 1.54) is 12.1 Å². The summed E-state index contributed by atoms with van der Waals surface area (Å²) < 4.78 is 32.5. The molecule has 29 heavy (non-hydrogen) atoms. The van der Waals surface area contributed by atoms with Gasteiger partial charge in [-0.25, -0.2) is 13.8 Å². The molecule has 1 heterocycles. The Bertz CT molecular complexity index is 843. The highest BCUT2D eigenvalue weighted by atomic mass is 19.1. The number of hydrogen-bond acceptors (Lipinski definition) is 3. The van der Waals surface area contributed by atoms with E-state index in [4.69, 9.17) is 9.73 Å². The third-order valence-electron chi connectivity index (χ3n) is 4.95. The predicted octanol–water partition coefficient (Wildman–Crippen LogP) is 3.45. The van der Waals surface area contributed by atoms with E-state index in [0.717, 1.165) is 36.1 Å². The van der Waals surface area contributed by atoms with Crippen molar-refractivity contribution in [3.63, 3.8) is 0 Å². The van der Waals surface area contributed by atoms with Crippen LogP contribution in [0.1, 0.15) is 24.5 Å². The van der Waals surface area contributed by atoms with Gasteiger partial charge in [0.15, 0.2) is 5.96 Å². The summed E-state index contributed by atoms with van der Waals surface area (Å²) in [6.07, 6.45) is 0.849. The van der Waals surface area contributed by atoms with Gasteiger partial charge in [-0.05, 0) is 36.6 Å². The van der Waals surface area contributed by atoms with Crippen LogP contribution in [-0.2, 0) is 17.9 Å². The maximum atomic E-state index is 14.1. The molecule has 0 saturated carbocycles. The number of rotatable bonds is 7. The minimum Gasteiger partial charge on any atom is -0.380 e. The van der Waals surface area contributed by atoms with Crippen molar-refractivity contribution in [2.75, 3.05) is 31.6 Å². The number of halogens is 2. The van der Waals surface area contributed by atoms with E-state index in [1.54, 1.807) is 7.11 Å². The number of hydrogen-bond donors (Lipinski definition) is 2. The van der Waals surface area contributed by atoms with E-state index < -0.39 is 11.6 Å². The van der Waals surface area contributed by atoms with Crippen LogP contribution in [0.3, 0.4) is 0 Å². The first-order valence-electron chi connectivity index (χ1n) is 9.91. The second-order valence-electron chi connectivity index (χ2n) is 7.07. The van der Waals surface area contributed by atoms with Gasteiger partial charge in [-0.1, -0.05) is 24.3 Å². The lowest BCUT2D eigenvalue weighted by Gasteiger charge is -2.21. The van der Waals surface area contributed by atoms with Crippen LogP contribution in [0, 0.1) is 11.6 Å². The Morgan fingerprint density at radius 1 is 1.21 bits per heavy atom. The molecule has 0 aliphatic carbocycles. The number of benzene rings is 2. The molecule has 0 spiro atoms. The first-order chi connectivity index (χ1) is 14.1. The zero-order valence-electron chi connectivity index (χ0n) is 16.9. The van der Waals surface area contributed by atoms with E-state index >= 15 is 0 Å². The number of methoxy groups -OCH3 is 1. The van der Waals surface area contributed by atoms with Crippen LogP contribution in [-0.4, -0.2) is 38.7 Å². The van der Waals surface area contributed by atoms with Crippen molar-refractivity contribution in [2.24, 2.45) is 4.99 Å². The van der Waals surface area contributed by atoms with Gasteiger partial charge in [-0.3, -0.25) is 0 Å². The monoisotopic (exact) mass is 402 g/mol. The number of anilines is 1. The van der Waals surface area contributed by atoms with Crippen molar-refractivity contribution < 1.29 is 13.5 Å². The third kappa shape index (κ3) is 5.67. The van der Waals surface area contributed by atoms with Crippen molar-refractivity contribution in [1.82, 2.24) is 10.6 Å². The number of guanidine groups is 1. The predicted molar refractivity (Wildman–Crippen MR) is 112 cm³/mol. The molecule has 0 aromatic heterocycles.